The number of aryl methyl sites for hydroxylation is 2. The average molecular weight is 524 g/mol. The smallest absolute Gasteiger partial charge is 0.298 e. The number of sulfone groups is 1. The predicted octanol–water partition coefficient (Wildman–Crippen LogP) is 3.93. The van der Waals surface area contributed by atoms with Crippen LogP contribution in [-0.2, 0) is 20.5 Å². The number of hydrogen-bond donors (Lipinski definition) is 1. The Morgan fingerprint density at radius 3 is 2.53 bits per heavy atom. The minimum Gasteiger partial charge on any atom is -0.378 e. The van der Waals surface area contributed by atoms with E-state index in [9.17, 15) is 17.2 Å². The van der Waals surface area contributed by atoms with E-state index in [1.165, 1.54) is 12.1 Å². The number of methoxy groups -OCH3 is 1. The predicted molar refractivity (Wildman–Crippen MR) is 132 cm³/mol. The van der Waals surface area contributed by atoms with Crippen LogP contribution in [0.5, 0.6) is 0 Å². The molecule has 1 saturated heterocycles. The van der Waals surface area contributed by atoms with Gasteiger partial charge in [-0.3, -0.25) is 0 Å². The molecule has 4 rings (SSSR count). The van der Waals surface area contributed by atoms with E-state index < -0.39 is 39.8 Å². The van der Waals surface area contributed by atoms with Gasteiger partial charge in [0, 0.05) is 31.1 Å². The van der Waals surface area contributed by atoms with E-state index in [1.807, 2.05) is 17.9 Å². The van der Waals surface area contributed by atoms with Crippen molar-refractivity contribution in [3.05, 3.63) is 52.6 Å². The monoisotopic (exact) mass is 523 g/mol. The minimum atomic E-state index is -3.48. The van der Waals surface area contributed by atoms with Gasteiger partial charge in [0.05, 0.1) is 45.7 Å². The maximum Gasteiger partial charge on any atom is 0.298 e. The number of hydrogen-bond acceptors (Lipinski definition) is 8. The van der Waals surface area contributed by atoms with Gasteiger partial charge in [-0.15, -0.1) is 5.10 Å². The molecule has 1 aliphatic heterocycles. The third-order valence-corrected chi connectivity index (χ3v) is 7.95. The van der Waals surface area contributed by atoms with Gasteiger partial charge in [0.25, 0.3) is 5.92 Å². The van der Waals surface area contributed by atoms with Crippen LogP contribution in [0.2, 0.25) is 0 Å². The molecular formula is C24H28F3N5O3S. The number of rotatable bonds is 7. The summed E-state index contributed by atoms with van der Waals surface area (Å²) in [5, 5.41) is 12.1. The van der Waals surface area contributed by atoms with E-state index in [2.05, 4.69) is 20.3 Å². The molecule has 36 heavy (non-hydrogen) atoms. The highest BCUT2D eigenvalue weighted by Crippen LogP contribution is 2.35. The molecule has 1 N–H and O–H groups in total. The van der Waals surface area contributed by atoms with Gasteiger partial charge in [0.2, 0.25) is 0 Å². The first-order valence-electron chi connectivity index (χ1n) is 11.5. The summed E-state index contributed by atoms with van der Waals surface area (Å²) in [5.74, 6) is -4.07. The Kier molecular flexibility index (Phi) is 7.11. The van der Waals surface area contributed by atoms with Crippen molar-refractivity contribution in [1.82, 2.24) is 15.2 Å². The van der Waals surface area contributed by atoms with Crippen LogP contribution in [0.25, 0.3) is 10.9 Å². The number of nitrogens with zero attached hydrogens (tertiary/aromatic N) is 4. The lowest BCUT2D eigenvalue weighted by Gasteiger charge is -2.30. The van der Waals surface area contributed by atoms with Gasteiger partial charge in [-0.2, -0.15) is 13.9 Å². The number of aromatic nitrogens is 3. The Hall–Kier alpha value is -2.99. The number of benzene rings is 1. The van der Waals surface area contributed by atoms with Crippen LogP contribution in [0.3, 0.4) is 0 Å². The first kappa shape index (κ1) is 26.1. The van der Waals surface area contributed by atoms with E-state index in [-0.39, 0.29) is 17.1 Å². The van der Waals surface area contributed by atoms with Crippen molar-refractivity contribution >= 4 is 32.2 Å². The molecule has 194 valence electrons. The highest BCUT2D eigenvalue weighted by Gasteiger charge is 2.36. The molecule has 1 fully saturated rings. The first-order chi connectivity index (χ1) is 16.9. The average Bonchev–Trinajstić information content (AvgIpc) is 2.81. The van der Waals surface area contributed by atoms with Crippen LogP contribution in [0.4, 0.5) is 24.7 Å². The molecule has 0 radical (unpaired) electrons. The zero-order valence-corrected chi connectivity index (χ0v) is 21.3. The van der Waals surface area contributed by atoms with Crippen LogP contribution >= 0.6 is 0 Å². The number of halogens is 3. The fraction of sp³-hybridized carbons (Fsp3) is 0.458. The zero-order valence-electron chi connectivity index (χ0n) is 20.5. The summed E-state index contributed by atoms with van der Waals surface area (Å²) < 4.78 is 72.3. The molecule has 0 saturated carbocycles. The molecule has 0 spiro atoms. The Balaban J connectivity index is 1.71. The largest absolute Gasteiger partial charge is 0.378 e. The van der Waals surface area contributed by atoms with Crippen molar-refractivity contribution in [2.45, 2.75) is 32.7 Å². The van der Waals surface area contributed by atoms with Crippen LogP contribution in [0.1, 0.15) is 35.5 Å². The van der Waals surface area contributed by atoms with Crippen molar-refractivity contribution in [3.8, 4) is 0 Å². The quantitative estimate of drug-likeness (QED) is 0.498. The standard InChI is InChI=1S/C24H28F3N5O3S/c1-14(17-6-5-7-19(21(17)25)24(26,27)13-35-4)29-23-18-12-20(32-8-10-36(33,34)11-9-32)15(2)28-22(18)16(3)30-31-23/h5-7,12,14H,8-11,13H2,1-4H3,(H,29,31)/t14-/m1/s1. The summed E-state index contributed by atoms with van der Waals surface area (Å²) in [7, 11) is -1.92. The van der Waals surface area contributed by atoms with Crippen molar-refractivity contribution in [1.29, 1.82) is 0 Å². The molecular weight excluding hydrogens is 495 g/mol. The van der Waals surface area contributed by atoms with E-state index >= 15 is 4.39 Å². The van der Waals surface area contributed by atoms with Crippen molar-refractivity contribution < 1.29 is 26.3 Å². The lowest BCUT2D eigenvalue weighted by atomic mass is 10.00. The second-order valence-electron chi connectivity index (χ2n) is 8.97. The normalized spacial score (nSPS) is 16.8. The maximum atomic E-state index is 15.2. The van der Waals surface area contributed by atoms with E-state index in [4.69, 9.17) is 4.98 Å². The van der Waals surface area contributed by atoms with Crippen LogP contribution in [0.15, 0.2) is 24.3 Å². The molecule has 1 aromatic carbocycles. The lowest BCUT2D eigenvalue weighted by Crippen LogP contribution is -2.40. The molecule has 0 bridgehead atoms. The number of alkyl halides is 2. The Morgan fingerprint density at radius 1 is 1.17 bits per heavy atom. The molecule has 0 amide bonds. The van der Waals surface area contributed by atoms with Crippen LogP contribution < -0.4 is 10.2 Å². The second kappa shape index (κ2) is 9.81. The highest BCUT2D eigenvalue weighted by atomic mass is 32.2. The summed E-state index contributed by atoms with van der Waals surface area (Å²) in [6.07, 6.45) is 0. The summed E-state index contributed by atoms with van der Waals surface area (Å²) in [6.45, 7) is 5.01. The molecule has 0 aliphatic carbocycles. The summed E-state index contributed by atoms with van der Waals surface area (Å²) in [4.78, 5) is 6.66. The van der Waals surface area contributed by atoms with Gasteiger partial charge in [0.1, 0.15) is 12.4 Å². The Labute approximate surface area is 207 Å². The van der Waals surface area contributed by atoms with Gasteiger partial charge >= 0.3 is 0 Å². The van der Waals surface area contributed by atoms with Crippen LogP contribution in [0, 0.1) is 19.7 Å². The van der Waals surface area contributed by atoms with Crippen molar-refractivity contribution in [3.63, 3.8) is 0 Å². The number of ether oxygens (including phenoxy) is 1. The second-order valence-corrected chi connectivity index (χ2v) is 11.3. The van der Waals surface area contributed by atoms with Gasteiger partial charge in [0.15, 0.2) is 15.7 Å². The minimum absolute atomic E-state index is 0.0420. The third-order valence-electron chi connectivity index (χ3n) is 6.34. The third kappa shape index (κ3) is 5.10. The Bertz CT molecular complexity index is 1390. The summed E-state index contributed by atoms with van der Waals surface area (Å²) in [5.41, 5.74) is 1.97. The fourth-order valence-electron chi connectivity index (χ4n) is 4.37. The van der Waals surface area contributed by atoms with Gasteiger partial charge in [-0.25, -0.2) is 17.8 Å². The molecule has 1 atom stereocenters. The summed E-state index contributed by atoms with van der Waals surface area (Å²) in [6, 6.07) is 5.00. The molecule has 3 aromatic rings. The number of anilines is 2. The molecule has 3 heterocycles. The van der Waals surface area contributed by atoms with E-state index in [1.54, 1.807) is 13.8 Å². The number of pyridine rings is 1. The van der Waals surface area contributed by atoms with Gasteiger partial charge in [-0.1, -0.05) is 12.1 Å². The molecule has 2 aromatic heterocycles. The van der Waals surface area contributed by atoms with Gasteiger partial charge < -0.3 is 15.0 Å². The first-order valence-corrected chi connectivity index (χ1v) is 13.3. The molecule has 12 heteroatoms. The zero-order chi connectivity index (χ0) is 26.3. The Morgan fingerprint density at radius 2 is 1.86 bits per heavy atom. The van der Waals surface area contributed by atoms with Crippen molar-refractivity contribution in [2.75, 3.05) is 48.5 Å². The van der Waals surface area contributed by atoms with E-state index in [0.29, 0.717) is 35.5 Å². The lowest BCUT2D eigenvalue weighted by molar-refractivity contribution is -0.0722. The highest BCUT2D eigenvalue weighted by molar-refractivity contribution is 7.91. The number of nitrogens with one attached hydrogen (secondary N) is 1. The molecule has 0 unspecified atom stereocenters. The fourth-order valence-corrected chi connectivity index (χ4v) is 5.57. The number of fused-ring (bicyclic) bond motifs is 1. The topological polar surface area (TPSA) is 97.3 Å². The van der Waals surface area contributed by atoms with E-state index in [0.717, 1.165) is 24.6 Å². The summed E-state index contributed by atoms with van der Waals surface area (Å²) >= 11 is 0. The van der Waals surface area contributed by atoms with Gasteiger partial charge in [-0.05, 0) is 32.9 Å². The maximum absolute atomic E-state index is 15.2. The van der Waals surface area contributed by atoms with Crippen molar-refractivity contribution in [2.24, 2.45) is 0 Å². The van der Waals surface area contributed by atoms with Crippen LogP contribution in [-0.4, -0.2) is 61.9 Å². The molecule has 1 aliphatic rings. The SMILES string of the molecule is COCC(F)(F)c1cccc([C@@H](C)Nc2nnc(C)c3nc(C)c(N4CCS(=O)(=O)CC4)cc23)c1F. The molecule has 8 nitrogen and oxygen atoms in total.